The zero-order valence-electron chi connectivity index (χ0n) is 18.4. The van der Waals surface area contributed by atoms with E-state index in [4.69, 9.17) is 4.74 Å². The van der Waals surface area contributed by atoms with Gasteiger partial charge in [-0.05, 0) is 43.9 Å². The lowest BCUT2D eigenvalue weighted by Crippen LogP contribution is -2.45. The fourth-order valence-corrected chi connectivity index (χ4v) is 6.91. The Morgan fingerprint density at radius 2 is 2.00 bits per heavy atom. The maximum atomic E-state index is 13.3. The molecule has 2 amide bonds. The molecular weight excluding hydrogens is 450 g/mol. The van der Waals surface area contributed by atoms with Crippen LogP contribution in [0.3, 0.4) is 0 Å². The third-order valence-corrected chi connectivity index (χ3v) is 9.45. The minimum Gasteiger partial charge on any atom is -0.376 e. The van der Waals surface area contributed by atoms with Gasteiger partial charge in [0, 0.05) is 31.1 Å². The third kappa shape index (κ3) is 5.13. The number of fused-ring (bicyclic) bond motifs is 1. The number of sulfonamides is 1. The van der Waals surface area contributed by atoms with Crippen LogP contribution >= 0.6 is 11.8 Å². The number of amides is 2. The first-order chi connectivity index (χ1) is 15.4. The molecule has 1 aliphatic carbocycles. The van der Waals surface area contributed by atoms with E-state index in [0.29, 0.717) is 18.8 Å². The summed E-state index contributed by atoms with van der Waals surface area (Å²) in [5.74, 6) is -0.260. The van der Waals surface area contributed by atoms with Crippen molar-refractivity contribution in [1.82, 2.24) is 9.62 Å². The average molecular weight is 482 g/mol. The molecule has 0 spiro atoms. The summed E-state index contributed by atoms with van der Waals surface area (Å²) in [5, 5.41) is 2.84. The number of ether oxygens (including phenoxy) is 1. The summed E-state index contributed by atoms with van der Waals surface area (Å²) in [5.41, 5.74) is 0.483. The highest BCUT2D eigenvalue weighted by molar-refractivity contribution is 8.00. The number of rotatable bonds is 7. The van der Waals surface area contributed by atoms with Gasteiger partial charge in [0.15, 0.2) is 0 Å². The molecule has 3 aliphatic rings. The van der Waals surface area contributed by atoms with Crippen molar-refractivity contribution in [1.29, 1.82) is 0 Å². The first kappa shape index (κ1) is 23.5. The van der Waals surface area contributed by atoms with E-state index in [2.05, 4.69) is 5.32 Å². The second-order valence-corrected chi connectivity index (χ2v) is 11.7. The summed E-state index contributed by atoms with van der Waals surface area (Å²) >= 11 is 1.37. The molecule has 0 aromatic heterocycles. The van der Waals surface area contributed by atoms with Gasteiger partial charge in [0.1, 0.15) is 6.54 Å². The van der Waals surface area contributed by atoms with Gasteiger partial charge in [-0.15, -0.1) is 11.8 Å². The normalized spacial score (nSPS) is 22.2. The summed E-state index contributed by atoms with van der Waals surface area (Å²) in [6.45, 7) is 0.993. The molecule has 2 heterocycles. The molecular formula is C22H31N3O5S2. The van der Waals surface area contributed by atoms with E-state index in [-0.39, 0.29) is 41.2 Å². The number of hydrogen-bond donors (Lipinski definition) is 1. The molecule has 1 saturated heterocycles. The summed E-state index contributed by atoms with van der Waals surface area (Å²) in [4.78, 5) is 27.5. The molecule has 0 radical (unpaired) electrons. The summed E-state index contributed by atoms with van der Waals surface area (Å²) in [6, 6.07) is 4.89. The Morgan fingerprint density at radius 3 is 2.72 bits per heavy atom. The maximum absolute atomic E-state index is 13.3. The van der Waals surface area contributed by atoms with Crippen LogP contribution in [0.1, 0.15) is 44.9 Å². The van der Waals surface area contributed by atoms with E-state index in [0.717, 1.165) is 49.8 Å². The van der Waals surface area contributed by atoms with Crippen molar-refractivity contribution in [3.8, 4) is 0 Å². The second kappa shape index (κ2) is 10.1. The predicted octanol–water partition coefficient (Wildman–Crippen LogP) is 2.37. The van der Waals surface area contributed by atoms with E-state index < -0.39 is 10.0 Å². The zero-order chi connectivity index (χ0) is 22.7. The van der Waals surface area contributed by atoms with Crippen LogP contribution < -0.4 is 10.2 Å². The van der Waals surface area contributed by atoms with Crippen LogP contribution in [-0.4, -0.2) is 69.2 Å². The molecule has 176 valence electrons. The van der Waals surface area contributed by atoms with Gasteiger partial charge < -0.3 is 15.0 Å². The molecule has 1 saturated carbocycles. The largest absolute Gasteiger partial charge is 0.376 e. The van der Waals surface area contributed by atoms with Crippen molar-refractivity contribution >= 4 is 39.3 Å². The van der Waals surface area contributed by atoms with Crippen LogP contribution in [-0.2, 0) is 24.3 Å². The zero-order valence-corrected chi connectivity index (χ0v) is 20.1. The number of nitrogens with zero attached hydrogens (tertiary/aromatic N) is 2. The lowest BCUT2D eigenvalue weighted by Gasteiger charge is -2.32. The van der Waals surface area contributed by atoms with Crippen LogP contribution in [0.5, 0.6) is 0 Å². The highest BCUT2D eigenvalue weighted by atomic mass is 32.2. The highest BCUT2D eigenvalue weighted by Crippen LogP contribution is 2.38. The second-order valence-electron chi connectivity index (χ2n) is 8.65. The van der Waals surface area contributed by atoms with Crippen molar-refractivity contribution in [2.24, 2.45) is 0 Å². The Bertz CT molecular complexity index is 956. The van der Waals surface area contributed by atoms with Crippen LogP contribution in [0.25, 0.3) is 0 Å². The van der Waals surface area contributed by atoms with Gasteiger partial charge in [0.25, 0.3) is 0 Å². The number of hydrogen-bond acceptors (Lipinski definition) is 6. The van der Waals surface area contributed by atoms with E-state index in [1.807, 2.05) is 0 Å². The standard InChI is InChI=1S/C22H31N3O5S2/c1-24(16-6-3-2-4-7-16)32(28,29)18-9-10-20-19(12-18)25(22(27)15-31-20)14-21(26)23-13-17-8-5-11-30-17/h9-10,12,16-17H,2-8,11,13-15H2,1H3,(H,23,26). The van der Waals surface area contributed by atoms with Crippen LogP contribution in [0.4, 0.5) is 5.69 Å². The average Bonchev–Trinajstić information content (AvgIpc) is 3.33. The number of carbonyl (C=O) groups is 2. The van der Waals surface area contributed by atoms with Crippen molar-refractivity contribution in [2.75, 3.05) is 37.4 Å². The molecule has 1 atom stereocenters. The molecule has 0 bridgehead atoms. The van der Waals surface area contributed by atoms with E-state index in [9.17, 15) is 18.0 Å². The Labute approximate surface area is 194 Å². The lowest BCUT2D eigenvalue weighted by molar-refractivity contribution is -0.123. The molecule has 1 aromatic rings. The Kier molecular flexibility index (Phi) is 7.44. The number of benzene rings is 1. The molecule has 32 heavy (non-hydrogen) atoms. The van der Waals surface area contributed by atoms with Gasteiger partial charge in [0.2, 0.25) is 21.8 Å². The Balaban J connectivity index is 1.51. The van der Waals surface area contributed by atoms with Gasteiger partial charge in [0.05, 0.1) is 22.4 Å². The molecule has 4 rings (SSSR count). The van der Waals surface area contributed by atoms with Gasteiger partial charge in [-0.1, -0.05) is 19.3 Å². The Hall–Kier alpha value is -1.62. The fourth-order valence-electron chi connectivity index (χ4n) is 4.56. The van der Waals surface area contributed by atoms with Crippen LogP contribution in [0, 0.1) is 0 Å². The van der Waals surface area contributed by atoms with E-state index in [1.165, 1.54) is 21.0 Å². The third-order valence-electron chi connectivity index (χ3n) is 6.49. The van der Waals surface area contributed by atoms with Gasteiger partial charge in [-0.3, -0.25) is 9.59 Å². The molecule has 10 heteroatoms. The van der Waals surface area contributed by atoms with Crippen molar-refractivity contribution < 1.29 is 22.7 Å². The summed E-state index contributed by atoms with van der Waals surface area (Å²) < 4.78 is 33.6. The van der Waals surface area contributed by atoms with Gasteiger partial charge in [-0.25, -0.2) is 8.42 Å². The molecule has 1 N–H and O–H groups in total. The molecule has 2 aliphatic heterocycles. The smallest absolute Gasteiger partial charge is 0.243 e. The monoisotopic (exact) mass is 481 g/mol. The molecule has 8 nitrogen and oxygen atoms in total. The fraction of sp³-hybridized carbons (Fsp3) is 0.636. The van der Waals surface area contributed by atoms with Gasteiger partial charge in [-0.2, -0.15) is 4.31 Å². The summed E-state index contributed by atoms with van der Waals surface area (Å²) in [6.07, 6.45) is 6.87. The van der Waals surface area contributed by atoms with Crippen LogP contribution in [0.2, 0.25) is 0 Å². The quantitative estimate of drug-likeness (QED) is 0.642. The number of anilines is 1. The highest BCUT2D eigenvalue weighted by Gasteiger charge is 2.32. The molecule has 1 aromatic carbocycles. The maximum Gasteiger partial charge on any atom is 0.243 e. The SMILES string of the molecule is CN(C1CCCCC1)S(=O)(=O)c1ccc2c(c1)N(CC(=O)NCC1CCCO1)C(=O)CS2. The first-order valence-corrected chi connectivity index (χ1v) is 13.7. The van der Waals surface area contributed by atoms with Crippen LogP contribution in [0.15, 0.2) is 28.0 Å². The Morgan fingerprint density at radius 1 is 1.22 bits per heavy atom. The van der Waals surface area contributed by atoms with Crippen molar-refractivity contribution in [3.05, 3.63) is 18.2 Å². The number of thioether (sulfide) groups is 1. The van der Waals surface area contributed by atoms with E-state index >= 15 is 0 Å². The van der Waals surface area contributed by atoms with Crippen molar-refractivity contribution in [3.63, 3.8) is 0 Å². The van der Waals surface area contributed by atoms with Crippen molar-refractivity contribution in [2.45, 2.75) is 66.9 Å². The molecule has 1 unspecified atom stereocenters. The first-order valence-electron chi connectivity index (χ1n) is 11.3. The van der Waals surface area contributed by atoms with E-state index in [1.54, 1.807) is 25.2 Å². The lowest BCUT2D eigenvalue weighted by atomic mass is 9.96. The topological polar surface area (TPSA) is 96.0 Å². The minimum absolute atomic E-state index is 0.000441. The number of carbonyl (C=O) groups excluding carboxylic acids is 2. The summed E-state index contributed by atoms with van der Waals surface area (Å²) in [7, 11) is -2.05. The predicted molar refractivity (Wildman–Crippen MR) is 123 cm³/mol. The number of nitrogens with one attached hydrogen (secondary N) is 1. The van der Waals surface area contributed by atoms with Gasteiger partial charge >= 0.3 is 0 Å². The molecule has 2 fully saturated rings. The minimum atomic E-state index is -3.69.